The Hall–Kier alpha value is -1.55. The van der Waals surface area contributed by atoms with Gasteiger partial charge in [-0.1, -0.05) is 13.3 Å². The number of aliphatic hydroxyl groups is 1. The number of benzene rings is 1. The molecule has 0 atom stereocenters. The zero-order valence-corrected chi connectivity index (χ0v) is 11.6. The quantitative estimate of drug-likeness (QED) is 0.746. The molecule has 0 amide bonds. The molecule has 106 valence electrons. The number of aliphatic hydroxyl groups excluding tert-OH is 1. The number of hydrogen-bond acceptors (Lipinski definition) is 4. The molecule has 1 N–H and O–H groups in total. The van der Waals surface area contributed by atoms with Gasteiger partial charge in [-0.25, -0.2) is 0 Å². The summed E-state index contributed by atoms with van der Waals surface area (Å²) in [5.41, 5.74) is 0.717. The fourth-order valence-corrected chi connectivity index (χ4v) is 1.73. The fourth-order valence-electron chi connectivity index (χ4n) is 1.73. The van der Waals surface area contributed by atoms with Crippen LogP contribution in [0.2, 0.25) is 0 Å². The molecule has 1 aromatic carbocycles. The first-order chi connectivity index (χ1) is 9.21. The molecule has 0 aliphatic carbocycles. The second-order valence-corrected chi connectivity index (χ2v) is 4.37. The lowest BCUT2D eigenvalue weighted by Gasteiger charge is -2.10. The third-order valence-corrected chi connectivity index (χ3v) is 2.89. The lowest BCUT2D eigenvalue weighted by molar-refractivity contribution is -0.119. The zero-order chi connectivity index (χ0) is 14.1. The van der Waals surface area contributed by atoms with Gasteiger partial charge in [0.05, 0.1) is 20.3 Å². The average molecular weight is 266 g/mol. The van der Waals surface area contributed by atoms with Gasteiger partial charge in [-0.05, 0) is 18.6 Å². The van der Waals surface area contributed by atoms with E-state index in [0.717, 1.165) is 12.8 Å². The van der Waals surface area contributed by atoms with Crippen LogP contribution in [0.1, 0.15) is 38.2 Å². The number of carbonyl (C=O) groups excluding carboxylic acids is 1. The second-order valence-electron chi connectivity index (χ2n) is 4.37. The molecule has 0 aliphatic heterocycles. The van der Waals surface area contributed by atoms with Crippen LogP contribution in [0.15, 0.2) is 18.2 Å². The molecule has 0 fully saturated rings. The molecular weight excluding hydrogens is 244 g/mol. The summed E-state index contributed by atoms with van der Waals surface area (Å²) in [5, 5.41) is 9.11. The van der Waals surface area contributed by atoms with Crippen LogP contribution in [0.25, 0.3) is 0 Å². The number of rotatable bonds is 9. The maximum absolute atomic E-state index is 11.5. The minimum absolute atomic E-state index is 0.0705. The van der Waals surface area contributed by atoms with Gasteiger partial charge in [-0.15, -0.1) is 0 Å². The Morgan fingerprint density at radius 2 is 2.11 bits per heavy atom. The van der Waals surface area contributed by atoms with Gasteiger partial charge in [0.25, 0.3) is 0 Å². The first-order valence-electron chi connectivity index (χ1n) is 6.63. The normalized spacial score (nSPS) is 10.3. The maximum Gasteiger partial charge on any atom is 0.136 e. The van der Waals surface area contributed by atoms with Gasteiger partial charge in [0.1, 0.15) is 17.3 Å². The fraction of sp³-hybridized carbons (Fsp3) is 0.533. The van der Waals surface area contributed by atoms with Gasteiger partial charge in [-0.3, -0.25) is 4.79 Å². The Balaban J connectivity index is 2.43. The van der Waals surface area contributed by atoms with Crippen molar-refractivity contribution in [1.29, 1.82) is 0 Å². The SMILES string of the molecule is CCCCC(=O)CCOc1ccc(CO)c(OC)c1. The molecule has 1 rings (SSSR count). The van der Waals surface area contributed by atoms with E-state index in [2.05, 4.69) is 6.92 Å². The number of Topliss-reactive ketones (excluding diaryl/α,β-unsaturated/α-hetero) is 1. The molecule has 0 saturated heterocycles. The van der Waals surface area contributed by atoms with Gasteiger partial charge < -0.3 is 14.6 Å². The molecule has 0 radical (unpaired) electrons. The van der Waals surface area contributed by atoms with Crippen LogP contribution in [0.5, 0.6) is 11.5 Å². The third kappa shape index (κ3) is 5.30. The van der Waals surface area contributed by atoms with Crippen LogP contribution >= 0.6 is 0 Å². The lowest BCUT2D eigenvalue weighted by atomic mass is 10.1. The average Bonchev–Trinajstić information content (AvgIpc) is 2.44. The van der Waals surface area contributed by atoms with Gasteiger partial charge in [0.2, 0.25) is 0 Å². The maximum atomic E-state index is 11.5. The highest BCUT2D eigenvalue weighted by molar-refractivity contribution is 5.78. The summed E-state index contributed by atoms with van der Waals surface area (Å²) in [6, 6.07) is 5.25. The molecule has 0 saturated carbocycles. The van der Waals surface area contributed by atoms with E-state index >= 15 is 0 Å². The second kappa shape index (κ2) is 8.53. The molecule has 4 heteroatoms. The van der Waals surface area contributed by atoms with Crippen LogP contribution in [0, 0.1) is 0 Å². The zero-order valence-electron chi connectivity index (χ0n) is 11.6. The van der Waals surface area contributed by atoms with E-state index in [4.69, 9.17) is 14.6 Å². The van der Waals surface area contributed by atoms with E-state index in [1.54, 1.807) is 25.3 Å². The largest absolute Gasteiger partial charge is 0.496 e. The highest BCUT2D eigenvalue weighted by Gasteiger charge is 2.05. The Labute approximate surface area is 114 Å². The molecule has 0 aliphatic rings. The lowest BCUT2D eigenvalue weighted by Crippen LogP contribution is -2.06. The van der Waals surface area contributed by atoms with E-state index < -0.39 is 0 Å². The van der Waals surface area contributed by atoms with Crippen molar-refractivity contribution in [3.05, 3.63) is 23.8 Å². The Bertz CT molecular complexity index is 401. The first kappa shape index (κ1) is 15.5. The summed E-state index contributed by atoms with van der Waals surface area (Å²) in [4.78, 5) is 11.5. The molecule has 4 nitrogen and oxygen atoms in total. The molecule has 0 bridgehead atoms. The van der Waals surface area contributed by atoms with Gasteiger partial charge in [-0.2, -0.15) is 0 Å². The van der Waals surface area contributed by atoms with Crippen molar-refractivity contribution in [2.24, 2.45) is 0 Å². The molecule has 1 aromatic rings. The molecule has 0 heterocycles. The molecule has 19 heavy (non-hydrogen) atoms. The van der Waals surface area contributed by atoms with Crippen molar-refractivity contribution in [3.63, 3.8) is 0 Å². The van der Waals surface area contributed by atoms with Crippen molar-refractivity contribution in [3.8, 4) is 11.5 Å². The Morgan fingerprint density at radius 3 is 2.74 bits per heavy atom. The monoisotopic (exact) mass is 266 g/mol. The smallest absolute Gasteiger partial charge is 0.136 e. The number of unbranched alkanes of at least 4 members (excludes halogenated alkanes) is 1. The third-order valence-electron chi connectivity index (χ3n) is 2.89. The van der Waals surface area contributed by atoms with Gasteiger partial charge in [0.15, 0.2) is 0 Å². The predicted octanol–water partition coefficient (Wildman–Crippen LogP) is 2.72. The minimum Gasteiger partial charge on any atom is -0.496 e. The molecule has 0 spiro atoms. The highest BCUT2D eigenvalue weighted by atomic mass is 16.5. The predicted molar refractivity (Wildman–Crippen MR) is 73.6 cm³/mol. The van der Waals surface area contributed by atoms with Crippen molar-refractivity contribution in [2.75, 3.05) is 13.7 Å². The Kier molecular flexibility index (Phi) is 6.97. The van der Waals surface area contributed by atoms with E-state index in [-0.39, 0.29) is 12.4 Å². The summed E-state index contributed by atoms with van der Waals surface area (Å²) in [6.45, 7) is 2.38. The standard InChI is InChI=1S/C15H22O4/c1-3-4-5-13(17)8-9-19-14-7-6-12(11-16)15(10-14)18-2/h6-7,10,16H,3-5,8-9,11H2,1-2H3. The van der Waals surface area contributed by atoms with Crippen LogP contribution in [-0.4, -0.2) is 24.6 Å². The minimum atomic E-state index is -0.0705. The van der Waals surface area contributed by atoms with E-state index in [9.17, 15) is 4.79 Å². The Morgan fingerprint density at radius 1 is 1.32 bits per heavy atom. The number of methoxy groups -OCH3 is 1. The number of hydrogen-bond donors (Lipinski definition) is 1. The topological polar surface area (TPSA) is 55.8 Å². The van der Waals surface area contributed by atoms with Crippen molar-refractivity contribution in [2.45, 2.75) is 39.2 Å². The van der Waals surface area contributed by atoms with Crippen molar-refractivity contribution >= 4 is 5.78 Å². The molecule has 0 unspecified atom stereocenters. The van der Waals surface area contributed by atoms with Crippen molar-refractivity contribution in [1.82, 2.24) is 0 Å². The van der Waals surface area contributed by atoms with E-state index in [0.29, 0.717) is 36.5 Å². The summed E-state index contributed by atoms with van der Waals surface area (Å²) in [6.07, 6.45) is 3.04. The van der Waals surface area contributed by atoms with Crippen LogP contribution in [0.4, 0.5) is 0 Å². The summed E-state index contributed by atoms with van der Waals surface area (Å²) in [7, 11) is 1.55. The van der Waals surface area contributed by atoms with Gasteiger partial charge >= 0.3 is 0 Å². The summed E-state index contributed by atoms with van der Waals surface area (Å²) in [5.74, 6) is 1.48. The highest BCUT2D eigenvalue weighted by Crippen LogP contribution is 2.24. The van der Waals surface area contributed by atoms with Crippen molar-refractivity contribution < 1.29 is 19.4 Å². The summed E-state index contributed by atoms with van der Waals surface area (Å²) < 4.78 is 10.7. The van der Waals surface area contributed by atoms with Gasteiger partial charge in [0, 0.05) is 24.5 Å². The summed E-state index contributed by atoms with van der Waals surface area (Å²) >= 11 is 0. The van der Waals surface area contributed by atoms with Crippen LogP contribution in [-0.2, 0) is 11.4 Å². The van der Waals surface area contributed by atoms with Crippen LogP contribution < -0.4 is 9.47 Å². The number of ether oxygens (including phenoxy) is 2. The van der Waals surface area contributed by atoms with E-state index in [1.807, 2.05) is 0 Å². The molecular formula is C15H22O4. The number of ketones is 1. The van der Waals surface area contributed by atoms with Crippen LogP contribution in [0.3, 0.4) is 0 Å². The first-order valence-corrected chi connectivity index (χ1v) is 6.63. The number of carbonyl (C=O) groups is 1. The van der Waals surface area contributed by atoms with E-state index in [1.165, 1.54) is 0 Å². The molecule has 0 aromatic heterocycles.